The van der Waals surface area contributed by atoms with Crippen LogP contribution in [0.3, 0.4) is 0 Å². The van der Waals surface area contributed by atoms with Gasteiger partial charge in [-0.05, 0) is 48.4 Å². The molecule has 3 rings (SSSR count). The van der Waals surface area contributed by atoms with Crippen LogP contribution >= 0.6 is 0 Å². The van der Waals surface area contributed by atoms with E-state index in [9.17, 15) is 9.59 Å². The number of aryl methyl sites for hydroxylation is 1. The van der Waals surface area contributed by atoms with E-state index in [0.29, 0.717) is 16.8 Å². The molecule has 0 saturated heterocycles. The highest BCUT2D eigenvalue weighted by Crippen LogP contribution is 2.19. The number of hydrogen-bond donors (Lipinski definition) is 2. The van der Waals surface area contributed by atoms with Gasteiger partial charge in [0.1, 0.15) is 0 Å². The van der Waals surface area contributed by atoms with Crippen molar-refractivity contribution in [2.24, 2.45) is 0 Å². The fourth-order valence-electron chi connectivity index (χ4n) is 2.64. The lowest BCUT2D eigenvalue weighted by Gasteiger charge is -2.12. The molecule has 0 saturated carbocycles. The largest absolute Gasteiger partial charge is 0.322 e. The molecule has 0 fully saturated rings. The summed E-state index contributed by atoms with van der Waals surface area (Å²) >= 11 is 0. The average Bonchev–Trinajstić information content (AvgIpc) is 2.69. The Labute approximate surface area is 152 Å². The van der Waals surface area contributed by atoms with Crippen LogP contribution in [0.4, 0.5) is 11.4 Å². The van der Waals surface area contributed by atoms with Crippen LogP contribution in [-0.2, 0) is 6.42 Å². The smallest absolute Gasteiger partial charge is 0.257 e. The van der Waals surface area contributed by atoms with Gasteiger partial charge >= 0.3 is 0 Å². The summed E-state index contributed by atoms with van der Waals surface area (Å²) in [5.74, 6) is -0.513. The van der Waals surface area contributed by atoms with Crippen molar-refractivity contribution in [2.75, 3.05) is 10.6 Å². The Hall–Kier alpha value is -3.40. The number of rotatable bonds is 5. The maximum atomic E-state index is 12.7. The van der Waals surface area contributed by atoms with Crippen LogP contribution in [0.5, 0.6) is 0 Å². The molecule has 0 aromatic heterocycles. The van der Waals surface area contributed by atoms with Crippen molar-refractivity contribution in [3.05, 3.63) is 95.6 Å². The van der Waals surface area contributed by atoms with Crippen LogP contribution in [0.2, 0.25) is 0 Å². The SMILES string of the molecule is CCc1cccc(NC(=O)c2ccccc2NC(=O)c2ccccc2)c1. The third-order valence-corrected chi connectivity index (χ3v) is 4.05. The van der Waals surface area contributed by atoms with Gasteiger partial charge in [0.05, 0.1) is 11.3 Å². The number of nitrogens with one attached hydrogen (secondary N) is 2. The molecule has 2 N–H and O–H groups in total. The highest BCUT2D eigenvalue weighted by atomic mass is 16.2. The van der Waals surface area contributed by atoms with Crippen molar-refractivity contribution in [1.82, 2.24) is 0 Å². The summed E-state index contributed by atoms with van der Waals surface area (Å²) in [6.07, 6.45) is 0.896. The molecule has 0 unspecified atom stereocenters. The predicted octanol–water partition coefficient (Wildman–Crippen LogP) is 4.75. The maximum absolute atomic E-state index is 12.7. The van der Waals surface area contributed by atoms with E-state index < -0.39 is 0 Å². The van der Waals surface area contributed by atoms with Crippen LogP contribution in [0.1, 0.15) is 33.2 Å². The van der Waals surface area contributed by atoms with Gasteiger partial charge < -0.3 is 10.6 Å². The Kier molecular flexibility index (Phi) is 5.44. The van der Waals surface area contributed by atoms with Crippen molar-refractivity contribution in [2.45, 2.75) is 13.3 Å². The molecule has 0 atom stereocenters. The molecule has 130 valence electrons. The van der Waals surface area contributed by atoms with Gasteiger partial charge in [0.25, 0.3) is 11.8 Å². The molecule has 2 amide bonds. The van der Waals surface area contributed by atoms with Crippen molar-refractivity contribution in [1.29, 1.82) is 0 Å². The van der Waals surface area contributed by atoms with Gasteiger partial charge in [-0.15, -0.1) is 0 Å². The fourth-order valence-corrected chi connectivity index (χ4v) is 2.64. The molecule has 4 heteroatoms. The van der Waals surface area contributed by atoms with Gasteiger partial charge in [-0.1, -0.05) is 49.4 Å². The van der Waals surface area contributed by atoms with Crippen molar-refractivity contribution >= 4 is 23.2 Å². The molecule has 0 radical (unpaired) electrons. The number of amides is 2. The molecule has 0 spiro atoms. The Morgan fingerprint density at radius 1 is 0.769 bits per heavy atom. The average molecular weight is 344 g/mol. The Morgan fingerprint density at radius 3 is 2.27 bits per heavy atom. The normalized spacial score (nSPS) is 10.2. The fraction of sp³-hybridized carbons (Fsp3) is 0.0909. The molecule has 0 heterocycles. The Bertz CT molecular complexity index is 920. The van der Waals surface area contributed by atoms with Crippen LogP contribution < -0.4 is 10.6 Å². The molecule has 3 aromatic carbocycles. The molecule has 0 aliphatic heterocycles. The minimum Gasteiger partial charge on any atom is -0.322 e. The summed E-state index contributed by atoms with van der Waals surface area (Å²) in [5.41, 5.74) is 3.31. The predicted molar refractivity (Wildman–Crippen MR) is 105 cm³/mol. The first kappa shape index (κ1) is 17.4. The summed E-state index contributed by atoms with van der Waals surface area (Å²) in [7, 11) is 0. The van der Waals surface area contributed by atoms with E-state index in [1.165, 1.54) is 0 Å². The number of carbonyl (C=O) groups is 2. The first-order chi connectivity index (χ1) is 12.7. The number of benzene rings is 3. The topological polar surface area (TPSA) is 58.2 Å². The lowest BCUT2D eigenvalue weighted by molar-refractivity contribution is 0.102. The third kappa shape index (κ3) is 4.16. The summed E-state index contributed by atoms with van der Waals surface area (Å²) in [6, 6.07) is 23.6. The third-order valence-electron chi connectivity index (χ3n) is 4.05. The first-order valence-electron chi connectivity index (χ1n) is 8.53. The summed E-state index contributed by atoms with van der Waals surface area (Å²) in [5, 5.41) is 5.71. The van der Waals surface area contributed by atoms with E-state index in [2.05, 4.69) is 17.6 Å². The quantitative estimate of drug-likeness (QED) is 0.701. The summed E-state index contributed by atoms with van der Waals surface area (Å²) in [6.45, 7) is 2.06. The molecule has 26 heavy (non-hydrogen) atoms. The zero-order valence-electron chi connectivity index (χ0n) is 14.5. The molecule has 0 aliphatic rings. The lowest BCUT2D eigenvalue weighted by Crippen LogP contribution is -2.18. The molecule has 4 nitrogen and oxygen atoms in total. The van der Waals surface area contributed by atoms with Crippen molar-refractivity contribution in [3.8, 4) is 0 Å². The maximum Gasteiger partial charge on any atom is 0.257 e. The van der Waals surface area contributed by atoms with Gasteiger partial charge in [0.2, 0.25) is 0 Å². The zero-order chi connectivity index (χ0) is 18.4. The molecule has 3 aromatic rings. The molecular formula is C22H20N2O2. The van der Waals surface area contributed by atoms with Crippen LogP contribution in [-0.4, -0.2) is 11.8 Å². The van der Waals surface area contributed by atoms with E-state index in [1.807, 2.05) is 30.3 Å². The van der Waals surface area contributed by atoms with Gasteiger partial charge in [0.15, 0.2) is 0 Å². The standard InChI is InChI=1S/C22H20N2O2/c1-2-16-9-8-12-18(15-16)23-22(26)19-13-6-7-14-20(19)24-21(25)17-10-4-3-5-11-17/h3-15H,2H2,1H3,(H,23,26)(H,24,25). The number of para-hydroxylation sites is 1. The highest BCUT2D eigenvalue weighted by molar-refractivity contribution is 6.12. The van der Waals surface area contributed by atoms with Gasteiger partial charge in [-0.3, -0.25) is 9.59 Å². The Balaban J connectivity index is 1.80. The zero-order valence-corrected chi connectivity index (χ0v) is 14.5. The second kappa shape index (κ2) is 8.12. The number of carbonyl (C=O) groups excluding carboxylic acids is 2. The highest BCUT2D eigenvalue weighted by Gasteiger charge is 2.14. The summed E-state index contributed by atoms with van der Waals surface area (Å²) < 4.78 is 0. The van der Waals surface area contributed by atoms with Gasteiger partial charge in [0, 0.05) is 11.3 Å². The van der Waals surface area contributed by atoms with Crippen molar-refractivity contribution in [3.63, 3.8) is 0 Å². The van der Waals surface area contributed by atoms with E-state index in [0.717, 1.165) is 17.7 Å². The second-order valence-electron chi connectivity index (χ2n) is 5.87. The van der Waals surface area contributed by atoms with Gasteiger partial charge in [-0.2, -0.15) is 0 Å². The van der Waals surface area contributed by atoms with Crippen LogP contribution in [0.15, 0.2) is 78.9 Å². The van der Waals surface area contributed by atoms with Crippen molar-refractivity contribution < 1.29 is 9.59 Å². The number of anilines is 2. The first-order valence-corrected chi connectivity index (χ1v) is 8.53. The molecule has 0 aliphatic carbocycles. The Morgan fingerprint density at radius 2 is 1.50 bits per heavy atom. The monoisotopic (exact) mass is 344 g/mol. The van der Waals surface area contributed by atoms with Gasteiger partial charge in [-0.25, -0.2) is 0 Å². The number of hydrogen-bond acceptors (Lipinski definition) is 2. The lowest BCUT2D eigenvalue weighted by atomic mass is 10.1. The van der Waals surface area contributed by atoms with E-state index >= 15 is 0 Å². The van der Waals surface area contributed by atoms with E-state index in [4.69, 9.17) is 0 Å². The summed E-state index contributed by atoms with van der Waals surface area (Å²) in [4.78, 5) is 25.1. The second-order valence-corrected chi connectivity index (χ2v) is 5.87. The van der Waals surface area contributed by atoms with Crippen LogP contribution in [0.25, 0.3) is 0 Å². The minimum absolute atomic E-state index is 0.251. The molecular weight excluding hydrogens is 324 g/mol. The molecule has 0 bridgehead atoms. The minimum atomic E-state index is -0.262. The van der Waals surface area contributed by atoms with Crippen LogP contribution in [0, 0.1) is 0 Å². The van der Waals surface area contributed by atoms with E-state index in [-0.39, 0.29) is 11.8 Å². The van der Waals surface area contributed by atoms with E-state index in [1.54, 1.807) is 48.5 Å².